The van der Waals surface area contributed by atoms with Gasteiger partial charge >= 0.3 is 0 Å². The van der Waals surface area contributed by atoms with Gasteiger partial charge in [0.05, 0.1) is 22.8 Å². The summed E-state index contributed by atoms with van der Waals surface area (Å²) < 4.78 is 28.2. The Morgan fingerprint density at radius 1 is 1.00 bits per heavy atom. The summed E-state index contributed by atoms with van der Waals surface area (Å²) in [6.45, 7) is 0. The molecule has 1 heterocycles. The third kappa shape index (κ3) is 5.39. The van der Waals surface area contributed by atoms with Gasteiger partial charge in [0.25, 0.3) is 0 Å². The molecule has 2 aromatic carbocycles. The number of benzene rings is 2. The maximum absolute atomic E-state index is 12.8. The molecule has 1 atom stereocenters. The second-order valence-electron chi connectivity index (χ2n) is 6.03. The monoisotopic (exact) mass is 415 g/mol. The van der Waals surface area contributed by atoms with Crippen LogP contribution >= 0.6 is 11.6 Å². The molecule has 1 aromatic heterocycles. The van der Waals surface area contributed by atoms with E-state index in [1.54, 1.807) is 42.6 Å². The molecule has 8 heteroatoms. The zero-order valence-corrected chi connectivity index (χ0v) is 16.3. The van der Waals surface area contributed by atoms with Crippen LogP contribution in [0.3, 0.4) is 0 Å². The highest BCUT2D eigenvalue weighted by Gasteiger charge is 2.23. The summed E-state index contributed by atoms with van der Waals surface area (Å²) in [7, 11) is -3.84. The van der Waals surface area contributed by atoms with E-state index >= 15 is 0 Å². The van der Waals surface area contributed by atoms with Gasteiger partial charge in [-0.3, -0.25) is 9.78 Å². The molecule has 0 radical (unpaired) electrons. The lowest BCUT2D eigenvalue weighted by atomic mass is 10.0. The molecule has 1 amide bonds. The first-order valence-corrected chi connectivity index (χ1v) is 10.3. The van der Waals surface area contributed by atoms with Crippen LogP contribution in [0.15, 0.2) is 84.0 Å². The third-order valence-corrected chi connectivity index (χ3v) is 5.70. The van der Waals surface area contributed by atoms with Crippen molar-refractivity contribution in [1.82, 2.24) is 9.71 Å². The summed E-state index contributed by atoms with van der Waals surface area (Å²) in [6, 6.07) is 17.5. The molecule has 0 fully saturated rings. The van der Waals surface area contributed by atoms with Crippen LogP contribution in [0.25, 0.3) is 0 Å². The predicted molar refractivity (Wildman–Crippen MR) is 108 cm³/mol. The number of carbonyl (C=O) groups is 1. The molecule has 0 aliphatic carbocycles. The van der Waals surface area contributed by atoms with E-state index in [0.717, 1.165) is 0 Å². The fourth-order valence-corrected chi connectivity index (χ4v) is 3.97. The van der Waals surface area contributed by atoms with Crippen LogP contribution in [-0.4, -0.2) is 19.3 Å². The number of carbonyl (C=O) groups excluding carboxylic acids is 1. The molecular formula is C20H18ClN3O3S. The molecule has 0 saturated heterocycles. The first-order chi connectivity index (χ1) is 13.4. The summed E-state index contributed by atoms with van der Waals surface area (Å²) >= 11 is 5.84. The van der Waals surface area contributed by atoms with Crippen LogP contribution in [-0.2, 0) is 14.8 Å². The topological polar surface area (TPSA) is 88.2 Å². The van der Waals surface area contributed by atoms with E-state index in [0.29, 0.717) is 16.3 Å². The van der Waals surface area contributed by atoms with Gasteiger partial charge in [0.1, 0.15) is 0 Å². The molecule has 0 spiro atoms. The SMILES string of the molecule is O=C(CC(NS(=O)(=O)c1ccc(Cl)cc1)c1ccccc1)Nc1cccnc1. The molecule has 0 saturated carbocycles. The zero-order valence-electron chi connectivity index (χ0n) is 14.7. The van der Waals surface area contributed by atoms with Gasteiger partial charge in [-0.1, -0.05) is 41.9 Å². The Bertz CT molecular complexity index is 1030. The minimum Gasteiger partial charge on any atom is -0.325 e. The number of rotatable bonds is 7. The van der Waals surface area contributed by atoms with Crippen molar-refractivity contribution in [3.63, 3.8) is 0 Å². The summed E-state index contributed by atoms with van der Waals surface area (Å²) in [5, 5.41) is 3.16. The number of hydrogen-bond acceptors (Lipinski definition) is 4. The molecular weight excluding hydrogens is 398 g/mol. The van der Waals surface area contributed by atoms with Crippen LogP contribution in [0.4, 0.5) is 5.69 Å². The van der Waals surface area contributed by atoms with Gasteiger partial charge in [0.2, 0.25) is 15.9 Å². The van der Waals surface area contributed by atoms with E-state index in [9.17, 15) is 13.2 Å². The van der Waals surface area contributed by atoms with Crippen molar-refractivity contribution < 1.29 is 13.2 Å². The largest absolute Gasteiger partial charge is 0.325 e. The standard InChI is InChI=1S/C20H18ClN3O3S/c21-16-8-10-18(11-9-16)28(26,27)24-19(15-5-2-1-3-6-15)13-20(25)23-17-7-4-12-22-14-17/h1-12,14,19,24H,13H2,(H,23,25). The van der Waals surface area contributed by atoms with Crippen molar-refractivity contribution in [3.8, 4) is 0 Å². The van der Waals surface area contributed by atoms with Crippen molar-refractivity contribution >= 4 is 33.2 Å². The normalized spacial score (nSPS) is 12.3. The lowest BCUT2D eigenvalue weighted by Gasteiger charge is -2.19. The van der Waals surface area contributed by atoms with Crippen molar-refractivity contribution in [2.24, 2.45) is 0 Å². The number of hydrogen-bond donors (Lipinski definition) is 2. The average Bonchev–Trinajstić information content (AvgIpc) is 2.69. The number of pyridine rings is 1. The summed E-state index contributed by atoms with van der Waals surface area (Å²) in [6.07, 6.45) is 3.04. The van der Waals surface area contributed by atoms with E-state index < -0.39 is 16.1 Å². The van der Waals surface area contributed by atoms with E-state index in [1.807, 2.05) is 6.07 Å². The molecule has 0 bridgehead atoms. The second-order valence-corrected chi connectivity index (χ2v) is 8.18. The zero-order chi connectivity index (χ0) is 20.0. The summed E-state index contributed by atoms with van der Waals surface area (Å²) in [4.78, 5) is 16.5. The van der Waals surface area contributed by atoms with Crippen LogP contribution in [0.2, 0.25) is 5.02 Å². The predicted octanol–water partition coefficient (Wildman–Crippen LogP) is 3.78. The number of halogens is 1. The van der Waals surface area contributed by atoms with Crippen molar-refractivity contribution in [1.29, 1.82) is 0 Å². The molecule has 3 rings (SSSR count). The Morgan fingerprint density at radius 2 is 1.71 bits per heavy atom. The lowest BCUT2D eigenvalue weighted by Crippen LogP contribution is -2.31. The molecule has 144 valence electrons. The van der Waals surface area contributed by atoms with Gasteiger partial charge in [-0.15, -0.1) is 0 Å². The smallest absolute Gasteiger partial charge is 0.241 e. The second kappa shape index (κ2) is 8.97. The third-order valence-electron chi connectivity index (χ3n) is 3.96. The molecule has 3 aromatic rings. The Labute approximate surface area is 168 Å². The maximum Gasteiger partial charge on any atom is 0.241 e. The van der Waals surface area contributed by atoms with Gasteiger partial charge in [-0.05, 0) is 42.0 Å². The molecule has 0 aliphatic rings. The van der Waals surface area contributed by atoms with Crippen LogP contribution < -0.4 is 10.0 Å². The number of nitrogens with one attached hydrogen (secondary N) is 2. The number of nitrogens with zero attached hydrogens (tertiary/aromatic N) is 1. The van der Waals surface area contributed by atoms with Crippen molar-refractivity contribution in [2.45, 2.75) is 17.4 Å². The van der Waals surface area contributed by atoms with E-state index in [-0.39, 0.29) is 17.2 Å². The Morgan fingerprint density at radius 3 is 2.36 bits per heavy atom. The molecule has 2 N–H and O–H groups in total. The summed E-state index contributed by atoms with van der Waals surface area (Å²) in [5.74, 6) is -0.333. The number of aromatic nitrogens is 1. The minimum atomic E-state index is -3.84. The minimum absolute atomic E-state index is 0.0745. The number of amides is 1. The highest BCUT2D eigenvalue weighted by atomic mass is 35.5. The molecule has 28 heavy (non-hydrogen) atoms. The highest BCUT2D eigenvalue weighted by molar-refractivity contribution is 7.89. The van der Waals surface area contributed by atoms with Crippen LogP contribution in [0.5, 0.6) is 0 Å². The Kier molecular flexibility index (Phi) is 6.41. The van der Waals surface area contributed by atoms with Crippen LogP contribution in [0, 0.1) is 0 Å². The van der Waals surface area contributed by atoms with Crippen molar-refractivity contribution in [2.75, 3.05) is 5.32 Å². The number of anilines is 1. The van der Waals surface area contributed by atoms with Gasteiger partial charge in [-0.25, -0.2) is 13.1 Å². The average molecular weight is 416 g/mol. The first-order valence-electron chi connectivity index (χ1n) is 8.47. The fraction of sp³-hybridized carbons (Fsp3) is 0.100. The first kappa shape index (κ1) is 20.0. The van der Waals surface area contributed by atoms with Gasteiger partial charge in [-0.2, -0.15) is 0 Å². The van der Waals surface area contributed by atoms with Gasteiger partial charge < -0.3 is 5.32 Å². The van der Waals surface area contributed by atoms with Crippen molar-refractivity contribution in [3.05, 3.63) is 89.7 Å². The van der Waals surface area contributed by atoms with Gasteiger partial charge in [0, 0.05) is 17.6 Å². The lowest BCUT2D eigenvalue weighted by molar-refractivity contribution is -0.116. The van der Waals surface area contributed by atoms with Gasteiger partial charge in [0.15, 0.2) is 0 Å². The Balaban J connectivity index is 1.81. The highest BCUT2D eigenvalue weighted by Crippen LogP contribution is 2.22. The summed E-state index contributed by atoms with van der Waals surface area (Å²) in [5.41, 5.74) is 1.22. The van der Waals surface area contributed by atoms with E-state index in [1.165, 1.54) is 30.5 Å². The number of sulfonamides is 1. The van der Waals surface area contributed by atoms with E-state index in [4.69, 9.17) is 11.6 Å². The van der Waals surface area contributed by atoms with E-state index in [2.05, 4.69) is 15.0 Å². The molecule has 1 unspecified atom stereocenters. The fourth-order valence-electron chi connectivity index (χ4n) is 2.62. The maximum atomic E-state index is 12.8. The molecule has 6 nitrogen and oxygen atoms in total. The Hall–Kier alpha value is -2.74. The van der Waals surface area contributed by atoms with Crippen LogP contribution in [0.1, 0.15) is 18.0 Å². The quantitative estimate of drug-likeness (QED) is 0.614. The molecule has 0 aliphatic heterocycles.